The number of carbonyl (C=O) groups excluding carboxylic acids is 1. The Labute approximate surface area is 190 Å². The molecule has 1 aliphatic rings. The van der Waals surface area contributed by atoms with Gasteiger partial charge in [-0.25, -0.2) is 10.1 Å². The molecule has 0 radical (unpaired) electrons. The fourth-order valence-corrected chi connectivity index (χ4v) is 3.64. The number of rotatable bonds is 7. The van der Waals surface area contributed by atoms with Crippen molar-refractivity contribution in [2.45, 2.75) is 13.2 Å². The van der Waals surface area contributed by atoms with Crippen molar-refractivity contribution < 1.29 is 19.0 Å². The summed E-state index contributed by atoms with van der Waals surface area (Å²) in [6.07, 6.45) is 1.66. The number of methoxy groups -OCH3 is 2. The number of anilines is 1. The minimum absolute atomic E-state index is 0.157. The quantitative estimate of drug-likeness (QED) is 0.465. The number of aromatic nitrogens is 4. The molecule has 3 aromatic heterocycles. The Morgan fingerprint density at radius 1 is 1.06 bits per heavy atom. The van der Waals surface area contributed by atoms with Gasteiger partial charge in [0.05, 0.1) is 37.7 Å². The van der Waals surface area contributed by atoms with E-state index in [9.17, 15) is 4.79 Å². The Morgan fingerprint density at radius 3 is 2.70 bits per heavy atom. The van der Waals surface area contributed by atoms with Crippen LogP contribution in [0.25, 0.3) is 11.3 Å². The molecule has 1 aliphatic heterocycles. The molecule has 5 rings (SSSR count). The first-order chi connectivity index (χ1) is 16.2. The number of aromatic amines is 1. The molecule has 0 spiro atoms. The molecule has 0 unspecified atom stereocenters. The maximum absolute atomic E-state index is 13.0. The normalized spacial score (nSPS) is 12.5. The van der Waals surface area contributed by atoms with Crippen LogP contribution >= 0.6 is 0 Å². The lowest BCUT2D eigenvalue weighted by atomic mass is 10.1. The van der Waals surface area contributed by atoms with E-state index in [-0.39, 0.29) is 5.91 Å². The molecule has 166 valence electrons. The largest absolute Gasteiger partial charge is 0.491 e. The maximum atomic E-state index is 13.0. The summed E-state index contributed by atoms with van der Waals surface area (Å²) in [6.45, 7) is 0.715. The molecular formula is C24H21N5O4. The smallest absolute Gasteiger partial charge is 0.261 e. The van der Waals surface area contributed by atoms with Crippen LogP contribution in [0.1, 0.15) is 21.6 Å². The third kappa shape index (κ3) is 3.96. The van der Waals surface area contributed by atoms with Gasteiger partial charge in [-0.2, -0.15) is 5.10 Å². The molecule has 9 nitrogen and oxygen atoms in total. The van der Waals surface area contributed by atoms with E-state index in [4.69, 9.17) is 19.2 Å². The summed E-state index contributed by atoms with van der Waals surface area (Å²) < 4.78 is 16.3. The predicted molar refractivity (Wildman–Crippen MR) is 120 cm³/mol. The number of nitrogens with zero attached hydrogens (tertiary/aromatic N) is 4. The molecule has 9 heteroatoms. The van der Waals surface area contributed by atoms with Crippen LogP contribution in [0.2, 0.25) is 0 Å². The first-order valence-corrected chi connectivity index (χ1v) is 10.3. The number of pyridine rings is 2. The van der Waals surface area contributed by atoms with E-state index in [0.29, 0.717) is 53.4 Å². The fraction of sp³-hybridized carbons (Fsp3) is 0.167. The number of benzene rings is 1. The number of carbonyl (C=O) groups is 1. The molecule has 0 aliphatic carbocycles. The number of fused-ring (bicyclic) bond motifs is 1. The molecule has 4 aromatic rings. The van der Waals surface area contributed by atoms with Crippen molar-refractivity contribution in [2.24, 2.45) is 0 Å². The van der Waals surface area contributed by atoms with Gasteiger partial charge in [-0.3, -0.25) is 14.7 Å². The van der Waals surface area contributed by atoms with Crippen molar-refractivity contribution >= 4 is 11.7 Å². The molecule has 4 heterocycles. The van der Waals surface area contributed by atoms with Crippen LogP contribution in [-0.4, -0.2) is 40.3 Å². The number of hydrogen-bond acceptors (Lipinski definition) is 7. The third-order valence-corrected chi connectivity index (χ3v) is 5.34. The summed E-state index contributed by atoms with van der Waals surface area (Å²) in [6, 6.07) is 16.9. The first kappa shape index (κ1) is 20.5. The van der Waals surface area contributed by atoms with Crippen molar-refractivity contribution in [1.82, 2.24) is 20.2 Å². The van der Waals surface area contributed by atoms with Crippen LogP contribution < -0.4 is 19.1 Å². The highest BCUT2D eigenvalue weighted by molar-refractivity contribution is 6.09. The Kier molecular flexibility index (Phi) is 5.35. The molecular weight excluding hydrogens is 422 g/mol. The average Bonchev–Trinajstić information content (AvgIpc) is 3.47. The molecule has 0 saturated heterocycles. The van der Waals surface area contributed by atoms with E-state index < -0.39 is 0 Å². The van der Waals surface area contributed by atoms with Gasteiger partial charge in [-0.15, -0.1) is 0 Å². The summed E-state index contributed by atoms with van der Waals surface area (Å²) in [5.41, 5.74) is 3.70. The molecule has 33 heavy (non-hydrogen) atoms. The Morgan fingerprint density at radius 2 is 1.91 bits per heavy atom. The van der Waals surface area contributed by atoms with Crippen molar-refractivity contribution in [3.8, 4) is 28.8 Å². The first-order valence-electron chi connectivity index (χ1n) is 10.3. The van der Waals surface area contributed by atoms with Gasteiger partial charge in [-0.05, 0) is 23.8 Å². The zero-order valence-corrected chi connectivity index (χ0v) is 18.1. The van der Waals surface area contributed by atoms with Gasteiger partial charge in [0.1, 0.15) is 6.61 Å². The van der Waals surface area contributed by atoms with Gasteiger partial charge in [-0.1, -0.05) is 30.3 Å². The summed E-state index contributed by atoms with van der Waals surface area (Å²) in [5.74, 6) is 1.72. The van der Waals surface area contributed by atoms with E-state index in [2.05, 4.69) is 15.2 Å². The summed E-state index contributed by atoms with van der Waals surface area (Å²) in [5, 5.41) is 7.09. The lowest BCUT2D eigenvalue weighted by Gasteiger charge is -2.10. The standard InChI is InChI=1S/C24H21N5O4/c1-31-20-10-16(12-25-23(20)32-2)18-9-8-17-19(26-18)13-29(24(17)30)21-11-22(28-27-21)33-14-15-6-4-3-5-7-15/h3-12H,13-14H2,1-2H3,(H,27,28). The highest BCUT2D eigenvalue weighted by Gasteiger charge is 2.31. The van der Waals surface area contributed by atoms with Crippen LogP contribution in [0.5, 0.6) is 17.5 Å². The molecule has 0 bridgehead atoms. The fourth-order valence-electron chi connectivity index (χ4n) is 3.64. The molecule has 0 saturated carbocycles. The van der Waals surface area contributed by atoms with Crippen LogP contribution in [0, 0.1) is 0 Å². The third-order valence-electron chi connectivity index (χ3n) is 5.34. The van der Waals surface area contributed by atoms with Gasteiger partial charge in [0.15, 0.2) is 11.6 Å². The Bertz CT molecular complexity index is 1310. The van der Waals surface area contributed by atoms with Crippen molar-refractivity contribution in [3.05, 3.63) is 77.6 Å². The van der Waals surface area contributed by atoms with Crippen LogP contribution in [0.15, 0.2) is 60.8 Å². The van der Waals surface area contributed by atoms with Gasteiger partial charge < -0.3 is 14.2 Å². The molecule has 1 aromatic carbocycles. The van der Waals surface area contributed by atoms with Gasteiger partial charge >= 0.3 is 0 Å². The molecule has 0 atom stereocenters. The van der Waals surface area contributed by atoms with Crippen LogP contribution in [-0.2, 0) is 13.2 Å². The number of hydrogen-bond donors (Lipinski definition) is 1. The highest BCUT2D eigenvalue weighted by Crippen LogP contribution is 2.32. The monoisotopic (exact) mass is 443 g/mol. The molecule has 0 fully saturated rings. The number of nitrogens with one attached hydrogen (secondary N) is 1. The second kappa shape index (κ2) is 8.62. The maximum Gasteiger partial charge on any atom is 0.261 e. The lowest BCUT2D eigenvalue weighted by Crippen LogP contribution is -2.23. The number of H-pyrrole nitrogens is 1. The summed E-state index contributed by atoms with van der Waals surface area (Å²) in [7, 11) is 3.09. The van der Waals surface area contributed by atoms with Crippen molar-refractivity contribution in [1.29, 1.82) is 0 Å². The van der Waals surface area contributed by atoms with Crippen molar-refractivity contribution in [2.75, 3.05) is 19.1 Å². The number of ether oxygens (including phenoxy) is 3. The second-order valence-corrected chi connectivity index (χ2v) is 7.38. The summed E-state index contributed by atoms with van der Waals surface area (Å²) >= 11 is 0. The topological polar surface area (TPSA) is 102 Å². The zero-order valence-electron chi connectivity index (χ0n) is 18.1. The van der Waals surface area contributed by atoms with E-state index in [0.717, 1.165) is 11.1 Å². The van der Waals surface area contributed by atoms with Gasteiger partial charge in [0, 0.05) is 17.8 Å². The highest BCUT2D eigenvalue weighted by atomic mass is 16.5. The Balaban J connectivity index is 1.34. The minimum atomic E-state index is -0.157. The van der Waals surface area contributed by atoms with E-state index in [1.165, 1.54) is 7.11 Å². The van der Waals surface area contributed by atoms with E-state index in [1.807, 2.05) is 30.3 Å². The van der Waals surface area contributed by atoms with Crippen molar-refractivity contribution in [3.63, 3.8) is 0 Å². The average molecular weight is 443 g/mol. The molecule has 1 N–H and O–H groups in total. The minimum Gasteiger partial charge on any atom is -0.491 e. The Hall–Kier alpha value is -4.40. The van der Waals surface area contributed by atoms with E-state index >= 15 is 0 Å². The lowest BCUT2D eigenvalue weighted by molar-refractivity contribution is 0.0996. The van der Waals surface area contributed by atoms with E-state index in [1.54, 1.807) is 42.5 Å². The molecule has 1 amide bonds. The zero-order chi connectivity index (χ0) is 22.8. The summed E-state index contributed by atoms with van der Waals surface area (Å²) in [4.78, 5) is 23.5. The van der Waals surface area contributed by atoms with Gasteiger partial charge in [0.2, 0.25) is 5.88 Å². The van der Waals surface area contributed by atoms with Crippen LogP contribution in [0.3, 0.4) is 0 Å². The van der Waals surface area contributed by atoms with Crippen LogP contribution in [0.4, 0.5) is 5.82 Å². The SMILES string of the molecule is COc1cc(-c2ccc3c(n2)CN(c2cc(OCc4ccccc4)[nH]n2)C3=O)cnc1OC. The van der Waals surface area contributed by atoms with Gasteiger partial charge in [0.25, 0.3) is 11.8 Å². The number of amides is 1. The second-order valence-electron chi connectivity index (χ2n) is 7.38. The predicted octanol–water partition coefficient (Wildman–Crippen LogP) is 3.62.